The molecule has 0 aliphatic rings. The van der Waals surface area contributed by atoms with E-state index >= 15 is 0 Å². The van der Waals surface area contributed by atoms with Gasteiger partial charge in [0, 0.05) is 17.8 Å². The molecule has 102 valence electrons. The molecule has 0 atom stereocenters. The summed E-state index contributed by atoms with van der Waals surface area (Å²) < 4.78 is 2.22. The Morgan fingerprint density at radius 2 is 1.95 bits per heavy atom. The molecule has 0 aliphatic carbocycles. The van der Waals surface area contributed by atoms with Gasteiger partial charge in [0.15, 0.2) is 0 Å². The van der Waals surface area contributed by atoms with Crippen molar-refractivity contribution in [2.24, 2.45) is 0 Å². The molecule has 20 heavy (non-hydrogen) atoms. The average Bonchev–Trinajstić information content (AvgIpc) is 2.74. The maximum Gasteiger partial charge on any atom is 0.222 e. The number of aryl methyl sites for hydroxylation is 1. The van der Waals surface area contributed by atoms with Crippen molar-refractivity contribution in [2.75, 3.05) is 0 Å². The minimum absolute atomic E-state index is 0.250. The third-order valence-corrected chi connectivity index (χ3v) is 3.50. The standard InChI is InChI=1S/C15H15ClN4/c1-9(2)20-10(3)18-14-11(5-4-6-13(14)20)12-7-8-17-15(16)19-12/h4-9H,1-3H3. The topological polar surface area (TPSA) is 43.6 Å². The molecule has 3 rings (SSSR count). The fourth-order valence-electron chi connectivity index (χ4n) is 2.58. The van der Waals surface area contributed by atoms with Crippen LogP contribution in [0.2, 0.25) is 5.28 Å². The zero-order chi connectivity index (χ0) is 14.3. The lowest BCUT2D eigenvalue weighted by molar-refractivity contribution is 0.600. The summed E-state index contributed by atoms with van der Waals surface area (Å²) in [5.74, 6) is 1.00. The van der Waals surface area contributed by atoms with Gasteiger partial charge in [0.05, 0.1) is 16.7 Å². The molecule has 0 amide bonds. The van der Waals surface area contributed by atoms with Crippen LogP contribution in [-0.2, 0) is 0 Å². The first-order chi connectivity index (χ1) is 9.58. The molecule has 0 spiro atoms. The SMILES string of the molecule is Cc1nc2c(-c3ccnc(Cl)n3)cccc2n1C(C)C. The highest BCUT2D eigenvalue weighted by atomic mass is 35.5. The highest BCUT2D eigenvalue weighted by Crippen LogP contribution is 2.29. The summed E-state index contributed by atoms with van der Waals surface area (Å²) in [7, 11) is 0. The van der Waals surface area contributed by atoms with Crippen LogP contribution in [0, 0.1) is 6.92 Å². The molecule has 2 heterocycles. The number of halogens is 1. The maximum absolute atomic E-state index is 5.89. The first kappa shape index (κ1) is 13.1. The Balaban J connectivity index is 2.30. The van der Waals surface area contributed by atoms with E-state index in [0.29, 0.717) is 6.04 Å². The van der Waals surface area contributed by atoms with Crippen molar-refractivity contribution in [1.82, 2.24) is 19.5 Å². The second-order valence-corrected chi connectivity index (χ2v) is 5.35. The number of imidazole rings is 1. The number of nitrogens with zero attached hydrogens (tertiary/aromatic N) is 4. The van der Waals surface area contributed by atoms with E-state index in [0.717, 1.165) is 28.1 Å². The van der Waals surface area contributed by atoms with E-state index in [1.54, 1.807) is 6.20 Å². The van der Waals surface area contributed by atoms with E-state index in [1.165, 1.54) is 0 Å². The largest absolute Gasteiger partial charge is 0.326 e. The summed E-state index contributed by atoms with van der Waals surface area (Å²) in [6.45, 7) is 6.33. The highest BCUT2D eigenvalue weighted by molar-refractivity contribution is 6.28. The molecule has 0 N–H and O–H groups in total. The summed E-state index contributed by atoms with van der Waals surface area (Å²) >= 11 is 5.89. The lowest BCUT2D eigenvalue weighted by atomic mass is 10.1. The molecule has 0 saturated heterocycles. The van der Waals surface area contributed by atoms with Gasteiger partial charge in [-0.05, 0) is 44.5 Å². The van der Waals surface area contributed by atoms with Crippen molar-refractivity contribution >= 4 is 22.6 Å². The van der Waals surface area contributed by atoms with Crippen LogP contribution in [0.3, 0.4) is 0 Å². The molecule has 0 fully saturated rings. The zero-order valence-corrected chi connectivity index (χ0v) is 12.4. The van der Waals surface area contributed by atoms with Gasteiger partial charge in [-0.25, -0.2) is 15.0 Å². The maximum atomic E-state index is 5.89. The van der Waals surface area contributed by atoms with Gasteiger partial charge in [-0.2, -0.15) is 0 Å². The van der Waals surface area contributed by atoms with Crippen LogP contribution >= 0.6 is 11.6 Å². The van der Waals surface area contributed by atoms with Crippen molar-refractivity contribution in [1.29, 1.82) is 0 Å². The van der Waals surface area contributed by atoms with Crippen LogP contribution in [-0.4, -0.2) is 19.5 Å². The first-order valence-corrected chi connectivity index (χ1v) is 6.92. The van der Waals surface area contributed by atoms with Crippen LogP contribution in [0.15, 0.2) is 30.5 Å². The van der Waals surface area contributed by atoms with Gasteiger partial charge in [-0.3, -0.25) is 0 Å². The Labute approximate surface area is 122 Å². The van der Waals surface area contributed by atoms with Crippen molar-refractivity contribution < 1.29 is 0 Å². The number of para-hydroxylation sites is 1. The number of fused-ring (bicyclic) bond motifs is 1. The van der Waals surface area contributed by atoms with Gasteiger partial charge < -0.3 is 4.57 Å². The molecule has 1 aromatic carbocycles. The summed E-state index contributed by atoms with van der Waals surface area (Å²) in [4.78, 5) is 12.9. The van der Waals surface area contributed by atoms with Gasteiger partial charge in [-0.15, -0.1) is 0 Å². The number of aromatic nitrogens is 4. The molecule has 4 nitrogen and oxygen atoms in total. The predicted octanol–water partition coefficient (Wildman–Crippen LogP) is 4.04. The second kappa shape index (κ2) is 4.87. The van der Waals surface area contributed by atoms with E-state index < -0.39 is 0 Å². The monoisotopic (exact) mass is 286 g/mol. The smallest absolute Gasteiger partial charge is 0.222 e. The molecule has 2 aromatic heterocycles. The van der Waals surface area contributed by atoms with Crippen LogP contribution < -0.4 is 0 Å². The molecular weight excluding hydrogens is 272 g/mol. The van der Waals surface area contributed by atoms with Gasteiger partial charge in [0.25, 0.3) is 0 Å². The Morgan fingerprint density at radius 3 is 2.65 bits per heavy atom. The van der Waals surface area contributed by atoms with Gasteiger partial charge in [0.1, 0.15) is 5.82 Å². The summed E-state index contributed by atoms with van der Waals surface area (Å²) in [6, 6.07) is 8.34. The normalized spacial score (nSPS) is 11.4. The Bertz CT molecular complexity index is 777. The van der Waals surface area contributed by atoms with E-state index in [-0.39, 0.29) is 5.28 Å². The Morgan fingerprint density at radius 1 is 1.15 bits per heavy atom. The molecule has 3 aromatic rings. The third kappa shape index (κ3) is 2.06. The first-order valence-electron chi connectivity index (χ1n) is 6.54. The van der Waals surface area contributed by atoms with Gasteiger partial charge in [0.2, 0.25) is 5.28 Å². The number of benzene rings is 1. The molecule has 5 heteroatoms. The zero-order valence-electron chi connectivity index (χ0n) is 11.6. The van der Waals surface area contributed by atoms with Crippen molar-refractivity contribution in [3.63, 3.8) is 0 Å². The molecule has 0 radical (unpaired) electrons. The van der Waals surface area contributed by atoms with Crippen molar-refractivity contribution in [3.05, 3.63) is 41.6 Å². The molecule has 0 unspecified atom stereocenters. The molecule has 0 bridgehead atoms. The number of hydrogen-bond donors (Lipinski definition) is 0. The van der Waals surface area contributed by atoms with E-state index in [1.807, 2.05) is 25.1 Å². The van der Waals surface area contributed by atoms with Crippen LogP contribution in [0.5, 0.6) is 0 Å². The lowest BCUT2D eigenvalue weighted by Crippen LogP contribution is -2.02. The van der Waals surface area contributed by atoms with Gasteiger partial charge >= 0.3 is 0 Å². The minimum Gasteiger partial charge on any atom is -0.326 e. The second-order valence-electron chi connectivity index (χ2n) is 5.01. The Kier molecular flexibility index (Phi) is 3.18. The highest BCUT2D eigenvalue weighted by Gasteiger charge is 2.14. The van der Waals surface area contributed by atoms with Crippen molar-refractivity contribution in [2.45, 2.75) is 26.8 Å². The van der Waals surface area contributed by atoms with Gasteiger partial charge in [-0.1, -0.05) is 12.1 Å². The van der Waals surface area contributed by atoms with E-state index in [9.17, 15) is 0 Å². The molecular formula is C15H15ClN4. The quantitative estimate of drug-likeness (QED) is 0.668. The Hall–Kier alpha value is -1.94. The van der Waals surface area contributed by atoms with Crippen LogP contribution in [0.1, 0.15) is 25.7 Å². The van der Waals surface area contributed by atoms with Crippen LogP contribution in [0.4, 0.5) is 0 Å². The van der Waals surface area contributed by atoms with Crippen molar-refractivity contribution in [3.8, 4) is 11.3 Å². The summed E-state index contributed by atoms with van der Waals surface area (Å²) in [6.07, 6.45) is 1.66. The minimum atomic E-state index is 0.250. The predicted molar refractivity (Wildman–Crippen MR) is 80.9 cm³/mol. The van der Waals surface area contributed by atoms with E-state index in [2.05, 4.69) is 34.4 Å². The fourth-order valence-corrected chi connectivity index (χ4v) is 2.72. The van der Waals surface area contributed by atoms with Crippen LogP contribution in [0.25, 0.3) is 22.3 Å². The third-order valence-electron chi connectivity index (χ3n) is 3.32. The fraction of sp³-hybridized carbons (Fsp3) is 0.267. The summed E-state index contributed by atoms with van der Waals surface area (Å²) in [5, 5.41) is 0.250. The lowest BCUT2D eigenvalue weighted by Gasteiger charge is -2.10. The molecule has 0 saturated carbocycles. The average molecular weight is 287 g/mol. The molecule has 0 aliphatic heterocycles. The number of rotatable bonds is 2. The van der Waals surface area contributed by atoms with E-state index in [4.69, 9.17) is 16.6 Å². The summed E-state index contributed by atoms with van der Waals surface area (Å²) in [5.41, 5.74) is 3.84. The number of hydrogen-bond acceptors (Lipinski definition) is 3.